The Morgan fingerprint density at radius 2 is 1.84 bits per heavy atom. The molecule has 1 aliphatic heterocycles. The van der Waals surface area contributed by atoms with Gasteiger partial charge < -0.3 is 19.5 Å². The van der Waals surface area contributed by atoms with Gasteiger partial charge in [0.15, 0.2) is 0 Å². The molecule has 0 aromatic heterocycles. The molecule has 13 heteroatoms. The Kier molecular flexibility index (Phi) is 9.29. The largest absolute Gasteiger partial charge is 0.497 e. The van der Waals surface area contributed by atoms with Crippen LogP contribution in [0.15, 0.2) is 47.4 Å². The first kappa shape index (κ1) is 29.7. The molecule has 3 rings (SSSR count). The van der Waals surface area contributed by atoms with Crippen LogP contribution in [0.1, 0.15) is 19.4 Å². The monoisotopic (exact) mass is 569 g/mol. The van der Waals surface area contributed by atoms with Gasteiger partial charge in [-0.25, -0.2) is 16.8 Å². The minimum atomic E-state index is -3.87. The average Bonchev–Trinajstić information content (AvgIpc) is 2.90. The Hall–Kier alpha value is -2.87. The van der Waals surface area contributed by atoms with Crippen molar-refractivity contribution >= 4 is 31.6 Å². The first-order chi connectivity index (χ1) is 17.7. The number of hydrogen-bond acceptors (Lipinski definition) is 8. The van der Waals surface area contributed by atoms with Crippen LogP contribution in [0.4, 0.5) is 5.69 Å². The van der Waals surface area contributed by atoms with Crippen LogP contribution in [0.3, 0.4) is 0 Å². The maximum absolute atomic E-state index is 13.3. The average molecular weight is 570 g/mol. The summed E-state index contributed by atoms with van der Waals surface area (Å²) in [4.78, 5) is 14.9. The lowest BCUT2D eigenvalue weighted by Gasteiger charge is -2.33. The predicted molar refractivity (Wildman–Crippen MR) is 143 cm³/mol. The molecular weight excluding hydrogens is 534 g/mol. The van der Waals surface area contributed by atoms with Gasteiger partial charge in [0.1, 0.15) is 17.6 Å². The maximum Gasteiger partial charge on any atom is 0.242 e. The molecule has 11 nitrogen and oxygen atoms in total. The number of ether oxygens (including phenoxy) is 2. The third-order valence-corrected chi connectivity index (χ3v) is 8.87. The van der Waals surface area contributed by atoms with Crippen molar-refractivity contribution in [1.82, 2.24) is 9.21 Å². The van der Waals surface area contributed by atoms with E-state index in [9.17, 15) is 26.7 Å². The van der Waals surface area contributed by atoms with E-state index in [1.165, 1.54) is 42.7 Å². The molecule has 0 fully saturated rings. The number of aliphatic hydroxyl groups excluding tert-OH is 1. The van der Waals surface area contributed by atoms with E-state index in [0.717, 1.165) is 6.26 Å². The lowest BCUT2D eigenvalue weighted by molar-refractivity contribution is -0.134. The number of anilines is 1. The minimum Gasteiger partial charge on any atom is -0.497 e. The smallest absolute Gasteiger partial charge is 0.242 e. The van der Waals surface area contributed by atoms with Crippen molar-refractivity contribution in [2.45, 2.75) is 37.3 Å². The highest BCUT2D eigenvalue weighted by atomic mass is 32.2. The van der Waals surface area contributed by atoms with Crippen LogP contribution >= 0.6 is 0 Å². The summed E-state index contributed by atoms with van der Waals surface area (Å²) < 4.78 is 65.1. The fourth-order valence-electron chi connectivity index (χ4n) is 4.20. The number of nitrogens with one attached hydrogen (secondary N) is 1. The van der Waals surface area contributed by atoms with E-state index in [4.69, 9.17) is 9.47 Å². The molecule has 0 saturated carbocycles. The van der Waals surface area contributed by atoms with Crippen molar-refractivity contribution < 1.29 is 36.2 Å². The number of carbonyl (C=O) groups is 1. The van der Waals surface area contributed by atoms with Crippen LogP contribution in [0.5, 0.6) is 11.5 Å². The molecule has 0 saturated heterocycles. The summed E-state index contributed by atoms with van der Waals surface area (Å²) in [6, 6.07) is 10.2. The number of fused-ring (bicyclic) bond motifs is 1. The zero-order chi connectivity index (χ0) is 28.3. The van der Waals surface area contributed by atoms with Crippen LogP contribution < -0.4 is 14.2 Å². The van der Waals surface area contributed by atoms with Gasteiger partial charge in [-0.15, -0.1) is 0 Å². The third-order valence-electron chi connectivity index (χ3n) is 6.42. The first-order valence-electron chi connectivity index (χ1n) is 12.0. The van der Waals surface area contributed by atoms with Crippen LogP contribution in [0.2, 0.25) is 0 Å². The van der Waals surface area contributed by atoms with Crippen LogP contribution in [-0.4, -0.2) is 89.3 Å². The molecule has 2 N–H and O–H groups in total. The molecule has 2 aromatic rings. The molecule has 210 valence electrons. The summed E-state index contributed by atoms with van der Waals surface area (Å²) in [5.74, 6) is 0.299. The lowest BCUT2D eigenvalue weighted by atomic mass is 10.0. The highest BCUT2D eigenvalue weighted by molar-refractivity contribution is 7.92. The number of nitrogens with zero attached hydrogens (tertiary/aromatic N) is 2. The predicted octanol–water partition coefficient (Wildman–Crippen LogP) is 1.54. The fourth-order valence-corrected chi connectivity index (χ4v) is 5.94. The second kappa shape index (κ2) is 11.9. The van der Waals surface area contributed by atoms with E-state index >= 15 is 0 Å². The first-order valence-corrected chi connectivity index (χ1v) is 15.4. The minimum absolute atomic E-state index is 0.0200. The number of amides is 1. The second-order valence-electron chi connectivity index (χ2n) is 9.55. The summed E-state index contributed by atoms with van der Waals surface area (Å²) in [7, 11) is -4.46. The molecule has 1 amide bonds. The zero-order valence-corrected chi connectivity index (χ0v) is 23.8. The number of sulfonamides is 2. The second-order valence-corrected chi connectivity index (χ2v) is 13.3. The molecule has 38 heavy (non-hydrogen) atoms. The van der Waals surface area contributed by atoms with Gasteiger partial charge >= 0.3 is 0 Å². The van der Waals surface area contributed by atoms with Crippen molar-refractivity contribution in [3.8, 4) is 11.5 Å². The quantitative estimate of drug-likeness (QED) is 0.463. The van der Waals surface area contributed by atoms with E-state index in [1.807, 2.05) is 6.92 Å². The number of rotatable bonds is 9. The number of likely N-dealkylation sites (N-methyl/N-ethyl adjacent to an activating group) is 1. The zero-order valence-electron chi connectivity index (χ0n) is 22.1. The third kappa shape index (κ3) is 7.16. The molecule has 1 aliphatic rings. The van der Waals surface area contributed by atoms with Crippen molar-refractivity contribution in [3.63, 3.8) is 0 Å². The molecule has 0 bridgehead atoms. The summed E-state index contributed by atoms with van der Waals surface area (Å²) in [6.07, 6.45) is 0.274. The summed E-state index contributed by atoms with van der Waals surface area (Å²) >= 11 is 0. The molecule has 0 unspecified atom stereocenters. The molecule has 2 aromatic carbocycles. The van der Waals surface area contributed by atoms with Gasteiger partial charge in [-0.2, -0.15) is 4.31 Å². The van der Waals surface area contributed by atoms with Gasteiger partial charge in [0, 0.05) is 30.8 Å². The molecule has 0 radical (unpaired) electrons. The highest BCUT2D eigenvalue weighted by Crippen LogP contribution is 2.30. The van der Waals surface area contributed by atoms with E-state index in [0.29, 0.717) is 17.1 Å². The normalized spacial score (nSPS) is 19.6. The van der Waals surface area contributed by atoms with E-state index in [1.54, 1.807) is 30.0 Å². The van der Waals surface area contributed by atoms with Gasteiger partial charge in [0.05, 0.1) is 43.9 Å². The molecule has 0 spiro atoms. The van der Waals surface area contributed by atoms with Gasteiger partial charge in [-0.05, 0) is 49.4 Å². The van der Waals surface area contributed by atoms with Gasteiger partial charge in [-0.3, -0.25) is 9.52 Å². The number of hydrogen-bond donors (Lipinski definition) is 2. The molecule has 3 atom stereocenters. The van der Waals surface area contributed by atoms with Crippen molar-refractivity contribution in [2.24, 2.45) is 5.92 Å². The molecule has 1 heterocycles. The topological polar surface area (TPSA) is 143 Å². The Morgan fingerprint density at radius 1 is 1.18 bits per heavy atom. The number of methoxy groups -OCH3 is 1. The van der Waals surface area contributed by atoms with Gasteiger partial charge in [-0.1, -0.05) is 6.92 Å². The maximum atomic E-state index is 13.3. The Morgan fingerprint density at radius 3 is 2.42 bits per heavy atom. The van der Waals surface area contributed by atoms with Crippen molar-refractivity contribution in [1.29, 1.82) is 0 Å². The van der Waals surface area contributed by atoms with Gasteiger partial charge in [0.2, 0.25) is 26.0 Å². The lowest BCUT2D eigenvalue weighted by Crippen LogP contribution is -2.48. The summed E-state index contributed by atoms with van der Waals surface area (Å²) in [5, 5.41) is 9.77. The van der Waals surface area contributed by atoms with Crippen molar-refractivity contribution in [2.75, 3.05) is 44.8 Å². The number of aliphatic hydroxyl groups is 1. The Bertz CT molecular complexity index is 1350. The Labute approximate surface area is 224 Å². The summed E-state index contributed by atoms with van der Waals surface area (Å²) in [5.41, 5.74) is 0.714. The van der Waals surface area contributed by atoms with Crippen LogP contribution in [0.25, 0.3) is 0 Å². The Balaban J connectivity index is 1.98. The fraction of sp³-hybridized carbons (Fsp3) is 0.480. The molecular formula is C25H35N3O8S2. The number of benzene rings is 2. The van der Waals surface area contributed by atoms with E-state index < -0.39 is 32.2 Å². The number of carbonyl (C=O) groups excluding carboxylic acids is 1. The van der Waals surface area contributed by atoms with Crippen LogP contribution in [-0.2, 0) is 31.3 Å². The standard InChI is InChI=1S/C25H35N3O8S2/c1-17-14-28(18(2)16-29)25(30)13-19-12-20(26-37(5,31)32)6-11-23(19)36-24(17)15-27(3)38(33,34)22-9-7-21(35-4)8-10-22/h6-12,17-18,24,26,29H,13-16H2,1-5H3/t17-,18-,24+/m0/s1. The molecule has 0 aliphatic carbocycles. The van der Waals surface area contributed by atoms with E-state index in [2.05, 4.69) is 4.72 Å². The summed E-state index contributed by atoms with van der Waals surface area (Å²) in [6.45, 7) is 3.53. The van der Waals surface area contributed by atoms with Crippen LogP contribution in [0, 0.1) is 5.92 Å². The van der Waals surface area contributed by atoms with Gasteiger partial charge in [0.25, 0.3) is 0 Å². The van der Waals surface area contributed by atoms with Crippen molar-refractivity contribution in [3.05, 3.63) is 48.0 Å². The van der Waals surface area contributed by atoms with E-state index in [-0.39, 0.29) is 48.5 Å². The highest BCUT2D eigenvalue weighted by Gasteiger charge is 2.33. The SMILES string of the molecule is COc1ccc(S(=O)(=O)N(C)C[C@H]2Oc3ccc(NS(C)(=O)=O)cc3CC(=O)N([C@@H](C)CO)C[C@@H]2C)cc1.